The van der Waals surface area contributed by atoms with Crippen LogP contribution in [0.1, 0.15) is 34.5 Å². The number of ketones is 1. The van der Waals surface area contributed by atoms with Crippen LogP contribution < -0.4 is 4.74 Å². The molecule has 1 aromatic heterocycles. The number of carbonyl (C=O) groups is 2. The van der Waals surface area contributed by atoms with Crippen LogP contribution in [0.3, 0.4) is 0 Å². The van der Waals surface area contributed by atoms with Gasteiger partial charge in [-0.15, -0.1) is 11.3 Å². The first-order valence-corrected chi connectivity index (χ1v) is 12.0. The Kier molecular flexibility index (Phi) is 7.12. The fraction of sp³-hybridized carbons (Fsp3) is 0.320. The molecule has 0 saturated carbocycles. The lowest BCUT2D eigenvalue weighted by Gasteiger charge is -2.24. The zero-order valence-corrected chi connectivity index (χ0v) is 20.0. The summed E-state index contributed by atoms with van der Waals surface area (Å²) in [6, 6.07) is 12.2. The van der Waals surface area contributed by atoms with E-state index >= 15 is 0 Å². The number of amides is 1. The zero-order chi connectivity index (χ0) is 23.5. The van der Waals surface area contributed by atoms with Gasteiger partial charge in [0, 0.05) is 30.0 Å². The molecular formula is C25H25ClN2O4S. The number of likely N-dealkylation sites (tertiary alicyclic amines) is 1. The Morgan fingerprint density at radius 2 is 2.00 bits per heavy atom. The van der Waals surface area contributed by atoms with Crippen LogP contribution in [0.15, 0.2) is 48.0 Å². The average Bonchev–Trinajstić information content (AvgIpc) is 3.42. The smallest absolute Gasteiger partial charge is 0.254 e. The molecule has 1 saturated heterocycles. The Hall–Kier alpha value is -2.74. The van der Waals surface area contributed by atoms with Gasteiger partial charge < -0.3 is 14.7 Å². The van der Waals surface area contributed by atoms with E-state index in [9.17, 15) is 14.7 Å². The van der Waals surface area contributed by atoms with Crippen molar-refractivity contribution in [3.8, 4) is 16.2 Å². The van der Waals surface area contributed by atoms with Crippen molar-refractivity contribution in [3.63, 3.8) is 0 Å². The first kappa shape index (κ1) is 23.4. The minimum Gasteiger partial charge on any atom is -0.497 e. The highest BCUT2D eigenvalue weighted by Gasteiger charge is 2.38. The maximum atomic E-state index is 13.1. The van der Waals surface area contributed by atoms with Crippen LogP contribution in [0.5, 0.6) is 5.75 Å². The molecule has 0 aliphatic carbocycles. The molecule has 0 spiro atoms. The molecular weight excluding hydrogens is 460 g/mol. The van der Waals surface area contributed by atoms with Gasteiger partial charge in [0.1, 0.15) is 5.75 Å². The third kappa shape index (κ3) is 5.27. The van der Waals surface area contributed by atoms with Crippen molar-refractivity contribution in [2.75, 3.05) is 13.7 Å². The van der Waals surface area contributed by atoms with Gasteiger partial charge >= 0.3 is 0 Å². The lowest BCUT2D eigenvalue weighted by Crippen LogP contribution is -2.40. The summed E-state index contributed by atoms with van der Waals surface area (Å²) in [7, 11) is 1.50. The summed E-state index contributed by atoms with van der Waals surface area (Å²) in [6.45, 7) is 2.11. The van der Waals surface area contributed by atoms with Gasteiger partial charge in [0.2, 0.25) is 0 Å². The van der Waals surface area contributed by atoms with Crippen molar-refractivity contribution in [3.05, 3.63) is 69.8 Å². The molecule has 2 atom stereocenters. The van der Waals surface area contributed by atoms with Crippen LogP contribution >= 0.6 is 22.9 Å². The maximum absolute atomic E-state index is 13.1. The number of aliphatic hydroxyl groups excluding tert-OH is 1. The molecule has 1 N–H and O–H groups in total. The summed E-state index contributed by atoms with van der Waals surface area (Å²) in [5.74, 6) is 0.0664. The van der Waals surface area contributed by atoms with Gasteiger partial charge in [0.05, 0.1) is 35.3 Å². The van der Waals surface area contributed by atoms with Gasteiger partial charge in [-0.2, -0.15) is 0 Å². The number of aliphatic hydroxyl groups is 1. The van der Waals surface area contributed by atoms with Crippen LogP contribution in [0.25, 0.3) is 10.4 Å². The number of carbonyl (C=O) groups excluding carboxylic acids is 2. The van der Waals surface area contributed by atoms with Crippen LogP contribution in [0.4, 0.5) is 0 Å². The van der Waals surface area contributed by atoms with Crippen LogP contribution in [-0.4, -0.2) is 52.5 Å². The number of benzene rings is 2. The highest BCUT2D eigenvalue weighted by Crippen LogP contribution is 2.29. The zero-order valence-electron chi connectivity index (χ0n) is 18.5. The standard InChI is InChI=1S/C25H25ClN2O4S/c1-15-24(33-14-27-15)17-6-3-16(4-7-17)5-8-23(30)22-12-20(29)13-28(22)25(31)18-9-19(26)11-21(10-18)32-2/h3-4,6-7,9-11,14,20,22,29H,5,8,12-13H2,1-2H3/t20-,22+/m1/s1. The number of aromatic nitrogens is 1. The number of halogens is 1. The van der Waals surface area contributed by atoms with Crippen LogP contribution in [0.2, 0.25) is 5.02 Å². The minimum atomic E-state index is -0.731. The van der Waals surface area contributed by atoms with E-state index in [0.29, 0.717) is 29.2 Å². The molecule has 2 aromatic carbocycles. The molecule has 6 nitrogen and oxygen atoms in total. The predicted octanol–water partition coefficient (Wildman–Crippen LogP) is 4.56. The Morgan fingerprint density at radius 3 is 2.67 bits per heavy atom. The number of hydrogen-bond acceptors (Lipinski definition) is 6. The molecule has 33 heavy (non-hydrogen) atoms. The molecule has 0 radical (unpaired) electrons. The number of β-amino-alcohol motifs (C(OH)–C–C–N with tert-alkyl or cyclic N) is 1. The first-order valence-electron chi connectivity index (χ1n) is 10.7. The van der Waals surface area contributed by atoms with Crippen molar-refractivity contribution < 1.29 is 19.4 Å². The van der Waals surface area contributed by atoms with Crippen LogP contribution in [0, 0.1) is 6.92 Å². The van der Waals surface area contributed by atoms with Gasteiger partial charge in [0.15, 0.2) is 5.78 Å². The van der Waals surface area contributed by atoms with Crippen molar-refractivity contribution in [1.82, 2.24) is 9.88 Å². The molecule has 0 unspecified atom stereocenters. The third-order valence-corrected chi connectivity index (χ3v) is 7.08. The van der Waals surface area contributed by atoms with E-state index < -0.39 is 12.1 Å². The van der Waals surface area contributed by atoms with Crippen molar-refractivity contribution in [2.24, 2.45) is 0 Å². The lowest BCUT2D eigenvalue weighted by atomic mass is 10.00. The molecule has 1 amide bonds. The predicted molar refractivity (Wildman–Crippen MR) is 129 cm³/mol. The maximum Gasteiger partial charge on any atom is 0.254 e. The molecule has 172 valence electrons. The molecule has 8 heteroatoms. The number of ether oxygens (including phenoxy) is 1. The van der Waals surface area contributed by atoms with E-state index in [1.54, 1.807) is 29.5 Å². The number of aryl methyl sites for hydroxylation is 2. The second-order valence-corrected chi connectivity index (χ2v) is 9.46. The minimum absolute atomic E-state index is 0.0590. The number of thiazole rings is 1. The normalized spacial score (nSPS) is 17.9. The van der Waals surface area contributed by atoms with Crippen molar-refractivity contribution in [2.45, 2.75) is 38.3 Å². The molecule has 1 aliphatic rings. The van der Waals surface area contributed by atoms with E-state index in [1.165, 1.54) is 12.0 Å². The number of Topliss-reactive ketones (excluding diaryl/α,β-unsaturated/α-hetero) is 1. The van der Waals surface area contributed by atoms with E-state index in [-0.39, 0.29) is 24.7 Å². The van der Waals surface area contributed by atoms with Gasteiger partial charge in [-0.1, -0.05) is 35.9 Å². The number of methoxy groups -OCH3 is 1. The molecule has 1 fully saturated rings. The molecule has 4 rings (SSSR count). The molecule has 1 aliphatic heterocycles. The average molecular weight is 485 g/mol. The van der Waals surface area contributed by atoms with E-state index in [0.717, 1.165) is 21.7 Å². The lowest BCUT2D eigenvalue weighted by molar-refractivity contribution is -0.122. The SMILES string of the molecule is COc1cc(Cl)cc(C(=O)N2C[C@H](O)C[C@H]2C(=O)CCc2ccc(-c3scnc3C)cc2)c1. The van der Waals surface area contributed by atoms with Crippen molar-refractivity contribution in [1.29, 1.82) is 0 Å². The fourth-order valence-corrected chi connectivity index (χ4v) is 5.19. The Bertz CT molecular complexity index is 1160. The molecule has 2 heterocycles. The topological polar surface area (TPSA) is 79.7 Å². The largest absolute Gasteiger partial charge is 0.497 e. The Morgan fingerprint density at radius 1 is 1.24 bits per heavy atom. The Balaban J connectivity index is 1.43. The quantitative estimate of drug-likeness (QED) is 0.532. The highest BCUT2D eigenvalue weighted by molar-refractivity contribution is 7.13. The van der Waals surface area contributed by atoms with E-state index in [4.69, 9.17) is 16.3 Å². The number of hydrogen-bond donors (Lipinski definition) is 1. The van der Waals surface area contributed by atoms with Gasteiger partial charge in [0.25, 0.3) is 5.91 Å². The summed E-state index contributed by atoms with van der Waals surface area (Å²) in [4.78, 5) is 33.0. The second kappa shape index (κ2) is 10.0. The summed E-state index contributed by atoms with van der Waals surface area (Å²) >= 11 is 7.71. The van der Waals surface area contributed by atoms with Crippen molar-refractivity contribution >= 4 is 34.6 Å². The van der Waals surface area contributed by atoms with Gasteiger partial charge in [-0.25, -0.2) is 4.98 Å². The number of nitrogens with zero attached hydrogens (tertiary/aromatic N) is 2. The first-order chi connectivity index (χ1) is 15.9. The van der Waals surface area contributed by atoms with E-state index in [2.05, 4.69) is 4.98 Å². The van der Waals surface area contributed by atoms with Gasteiger partial charge in [-0.3, -0.25) is 9.59 Å². The highest BCUT2D eigenvalue weighted by atomic mass is 35.5. The monoisotopic (exact) mass is 484 g/mol. The summed E-state index contributed by atoms with van der Waals surface area (Å²) in [5, 5.41) is 10.6. The summed E-state index contributed by atoms with van der Waals surface area (Å²) in [5.41, 5.74) is 5.33. The molecule has 3 aromatic rings. The summed E-state index contributed by atoms with van der Waals surface area (Å²) < 4.78 is 5.20. The Labute approximate surface area is 201 Å². The van der Waals surface area contributed by atoms with E-state index in [1.807, 2.05) is 36.7 Å². The van der Waals surface area contributed by atoms with Gasteiger partial charge in [-0.05, 0) is 42.7 Å². The number of rotatable bonds is 7. The molecule has 0 bridgehead atoms. The second-order valence-electron chi connectivity index (χ2n) is 8.17. The third-order valence-electron chi connectivity index (χ3n) is 5.89. The fourth-order valence-electron chi connectivity index (χ4n) is 4.15. The summed E-state index contributed by atoms with van der Waals surface area (Å²) in [6.07, 6.45) is 0.372. The van der Waals surface area contributed by atoms with Crippen LogP contribution in [-0.2, 0) is 11.2 Å².